The first-order valence-corrected chi connectivity index (χ1v) is 10.3. The number of carbonyl (C=O) groups is 2. The Bertz CT molecular complexity index is 1170. The molecule has 3 aromatic rings. The summed E-state index contributed by atoms with van der Waals surface area (Å²) in [6, 6.07) is 16.8. The maximum Gasteiger partial charge on any atom is 0.298 e. The van der Waals surface area contributed by atoms with Crippen molar-refractivity contribution in [2.24, 2.45) is 0 Å². The molecule has 0 unspecified atom stereocenters. The van der Waals surface area contributed by atoms with Crippen LogP contribution in [0.1, 0.15) is 22.5 Å². The van der Waals surface area contributed by atoms with Gasteiger partial charge in [-0.1, -0.05) is 35.9 Å². The van der Waals surface area contributed by atoms with Crippen molar-refractivity contribution < 1.29 is 9.59 Å². The molecule has 0 spiro atoms. The van der Waals surface area contributed by atoms with Gasteiger partial charge >= 0.3 is 0 Å². The summed E-state index contributed by atoms with van der Waals surface area (Å²) in [7, 11) is 0. The zero-order valence-corrected chi connectivity index (χ0v) is 17.8. The van der Waals surface area contributed by atoms with Crippen LogP contribution >= 0.6 is 23.4 Å². The van der Waals surface area contributed by atoms with Gasteiger partial charge in [0, 0.05) is 22.1 Å². The van der Waals surface area contributed by atoms with Crippen molar-refractivity contribution in [1.29, 1.82) is 0 Å². The van der Waals surface area contributed by atoms with Crippen LogP contribution in [0.15, 0.2) is 59.5 Å². The highest BCUT2D eigenvalue weighted by atomic mass is 35.5. The molecule has 2 amide bonds. The van der Waals surface area contributed by atoms with E-state index in [0.29, 0.717) is 15.6 Å². The number of rotatable bonds is 3. The smallest absolute Gasteiger partial charge is 0.298 e. The highest BCUT2D eigenvalue weighted by Gasteiger charge is 2.36. The van der Waals surface area contributed by atoms with Gasteiger partial charge in [0.25, 0.3) is 11.1 Å². The second-order valence-corrected chi connectivity index (χ2v) is 8.37. The van der Waals surface area contributed by atoms with E-state index in [1.54, 1.807) is 18.2 Å². The number of amides is 2. The molecular formula is C23H19ClN2O2S. The van der Waals surface area contributed by atoms with Crippen molar-refractivity contribution in [1.82, 2.24) is 4.57 Å². The maximum absolute atomic E-state index is 12.9. The molecule has 4 rings (SSSR count). The first-order chi connectivity index (χ1) is 13.9. The fraction of sp³-hybridized carbons (Fsp3) is 0.130. The number of halogens is 1. The van der Waals surface area contributed by atoms with Gasteiger partial charge in [-0.2, -0.15) is 0 Å². The summed E-state index contributed by atoms with van der Waals surface area (Å²) in [4.78, 5) is 27.0. The molecule has 4 nitrogen and oxygen atoms in total. The molecule has 0 atom stereocenters. The van der Waals surface area contributed by atoms with Crippen LogP contribution < -0.4 is 4.90 Å². The van der Waals surface area contributed by atoms with E-state index in [0.717, 1.165) is 40.0 Å². The second-order valence-electron chi connectivity index (χ2n) is 6.95. The molecule has 0 radical (unpaired) electrons. The third-order valence-electron chi connectivity index (χ3n) is 4.98. The Morgan fingerprint density at radius 3 is 2.41 bits per heavy atom. The number of aromatic nitrogens is 1. The number of carbonyl (C=O) groups excluding carboxylic acids is 2. The zero-order valence-electron chi connectivity index (χ0n) is 16.3. The number of nitrogens with zero attached hydrogens (tertiary/aromatic N) is 2. The fourth-order valence-electron chi connectivity index (χ4n) is 3.54. The predicted octanol–water partition coefficient (Wildman–Crippen LogP) is 6.30. The standard InChI is InChI=1S/C23H19ClN2O2S/c1-14-9-10-18(24)13-20(14)25-15(2)11-17(16(25)3)12-21-22(27)26(23(28)29-21)19-7-5-4-6-8-19/h4-13H,1-3H3/b21-12+. The van der Waals surface area contributed by atoms with Crippen LogP contribution in [0.4, 0.5) is 10.5 Å². The summed E-state index contributed by atoms with van der Waals surface area (Å²) < 4.78 is 2.12. The van der Waals surface area contributed by atoms with Crippen molar-refractivity contribution in [2.75, 3.05) is 4.90 Å². The monoisotopic (exact) mass is 422 g/mol. The van der Waals surface area contributed by atoms with Crippen LogP contribution in [0.3, 0.4) is 0 Å². The number of aryl methyl sites for hydroxylation is 2. The lowest BCUT2D eigenvalue weighted by atomic mass is 10.2. The van der Waals surface area contributed by atoms with E-state index < -0.39 is 0 Å². The van der Waals surface area contributed by atoms with E-state index in [1.807, 2.05) is 63.2 Å². The number of para-hydroxylation sites is 1. The normalized spacial score (nSPS) is 15.6. The number of anilines is 1. The second kappa shape index (κ2) is 7.58. The molecule has 1 saturated heterocycles. The average molecular weight is 423 g/mol. The van der Waals surface area contributed by atoms with Gasteiger partial charge in [-0.05, 0) is 80.1 Å². The first kappa shape index (κ1) is 19.6. The SMILES string of the molecule is Cc1ccc(Cl)cc1-n1c(C)cc(/C=C2/SC(=O)N(c3ccccc3)C2=O)c1C. The van der Waals surface area contributed by atoms with Crippen molar-refractivity contribution in [3.05, 3.63) is 87.0 Å². The lowest BCUT2D eigenvalue weighted by Crippen LogP contribution is -2.27. The molecule has 146 valence electrons. The number of imide groups is 1. The summed E-state index contributed by atoms with van der Waals surface area (Å²) in [5.74, 6) is -0.296. The number of hydrogen-bond acceptors (Lipinski definition) is 3. The molecule has 2 aromatic carbocycles. The van der Waals surface area contributed by atoms with Crippen molar-refractivity contribution >= 4 is 46.3 Å². The Hall–Kier alpha value is -2.76. The van der Waals surface area contributed by atoms with E-state index in [-0.39, 0.29) is 11.1 Å². The number of benzene rings is 2. The van der Waals surface area contributed by atoms with Gasteiger partial charge in [-0.3, -0.25) is 9.59 Å². The summed E-state index contributed by atoms with van der Waals surface area (Å²) in [5.41, 5.74) is 5.61. The van der Waals surface area contributed by atoms with Gasteiger partial charge in [0.1, 0.15) is 0 Å². The third kappa shape index (κ3) is 3.52. The number of hydrogen-bond donors (Lipinski definition) is 0. The molecule has 0 N–H and O–H groups in total. The van der Waals surface area contributed by atoms with E-state index in [1.165, 1.54) is 4.90 Å². The van der Waals surface area contributed by atoms with E-state index in [9.17, 15) is 9.59 Å². The fourth-order valence-corrected chi connectivity index (χ4v) is 4.54. The van der Waals surface area contributed by atoms with Crippen LogP contribution in [-0.4, -0.2) is 15.7 Å². The third-order valence-corrected chi connectivity index (χ3v) is 6.08. The minimum absolute atomic E-state index is 0.285. The van der Waals surface area contributed by atoms with Gasteiger partial charge < -0.3 is 4.57 Å². The summed E-state index contributed by atoms with van der Waals surface area (Å²) in [5, 5.41) is 0.385. The lowest BCUT2D eigenvalue weighted by molar-refractivity contribution is -0.113. The van der Waals surface area contributed by atoms with Gasteiger partial charge in [0.2, 0.25) is 0 Å². The highest BCUT2D eigenvalue weighted by Crippen LogP contribution is 2.36. The predicted molar refractivity (Wildman–Crippen MR) is 120 cm³/mol. The quantitative estimate of drug-likeness (QED) is 0.465. The van der Waals surface area contributed by atoms with Crippen molar-refractivity contribution in [3.63, 3.8) is 0 Å². The van der Waals surface area contributed by atoms with E-state index in [2.05, 4.69) is 4.57 Å². The molecule has 6 heteroatoms. The Morgan fingerprint density at radius 2 is 1.69 bits per heavy atom. The maximum atomic E-state index is 12.9. The van der Waals surface area contributed by atoms with Crippen LogP contribution in [0, 0.1) is 20.8 Å². The van der Waals surface area contributed by atoms with Crippen LogP contribution in [0.2, 0.25) is 5.02 Å². The zero-order chi connectivity index (χ0) is 20.7. The van der Waals surface area contributed by atoms with Gasteiger partial charge in [0.05, 0.1) is 10.6 Å². The molecule has 1 aliphatic rings. The largest absolute Gasteiger partial charge is 0.318 e. The summed E-state index contributed by atoms with van der Waals surface area (Å²) >= 11 is 7.17. The average Bonchev–Trinajstić information content (AvgIpc) is 3.13. The van der Waals surface area contributed by atoms with Gasteiger partial charge in [-0.15, -0.1) is 0 Å². The van der Waals surface area contributed by atoms with E-state index >= 15 is 0 Å². The molecule has 1 aliphatic heterocycles. The lowest BCUT2D eigenvalue weighted by Gasteiger charge is -2.13. The Kier molecular flexibility index (Phi) is 5.11. The number of thioether (sulfide) groups is 1. The van der Waals surface area contributed by atoms with Crippen LogP contribution in [0.5, 0.6) is 0 Å². The molecule has 0 bridgehead atoms. The molecule has 1 aromatic heterocycles. The molecule has 0 aliphatic carbocycles. The molecule has 0 saturated carbocycles. The topological polar surface area (TPSA) is 42.3 Å². The van der Waals surface area contributed by atoms with Crippen LogP contribution in [0.25, 0.3) is 11.8 Å². The Morgan fingerprint density at radius 1 is 0.966 bits per heavy atom. The van der Waals surface area contributed by atoms with Crippen molar-refractivity contribution in [3.8, 4) is 5.69 Å². The van der Waals surface area contributed by atoms with E-state index in [4.69, 9.17) is 11.6 Å². The Balaban J connectivity index is 1.74. The highest BCUT2D eigenvalue weighted by molar-refractivity contribution is 8.19. The molecule has 1 fully saturated rings. The van der Waals surface area contributed by atoms with Gasteiger partial charge in [0.15, 0.2) is 0 Å². The summed E-state index contributed by atoms with van der Waals surface area (Å²) in [6.07, 6.45) is 1.80. The minimum Gasteiger partial charge on any atom is -0.318 e. The first-order valence-electron chi connectivity index (χ1n) is 9.15. The van der Waals surface area contributed by atoms with Crippen molar-refractivity contribution in [2.45, 2.75) is 20.8 Å². The Labute approximate surface area is 178 Å². The van der Waals surface area contributed by atoms with Crippen LogP contribution in [-0.2, 0) is 4.79 Å². The molecular weight excluding hydrogens is 404 g/mol. The minimum atomic E-state index is -0.296. The molecule has 29 heavy (non-hydrogen) atoms. The summed E-state index contributed by atoms with van der Waals surface area (Å²) in [6.45, 7) is 6.05. The van der Waals surface area contributed by atoms with Gasteiger partial charge in [-0.25, -0.2) is 4.90 Å². The molecule has 2 heterocycles.